The molecular formula is C32H33N5O4S. The summed E-state index contributed by atoms with van der Waals surface area (Å²) < 4.78 is 7.05. The third kappa shape index (κ3) is 5.38. The van der Waals surface area contributed by atoms with E-state index in [4.69, 9.17) is 17.0 Å². The molecule has 0 unspecified atom stereocenters. The van der Waals surface area contributed by atoms with Gasteiger partial charge in [-0.2, -0.15) is 0 Å². The number of hydrogen-bond donors (Lipinski definition) is 3. The standard InChI is InChI=1S/C32H33N5O4S/c1-18-9-10-22(31(39)40)16-27(18)36-20(3)15-24(21(36)4)30-29(26-8-6-7-13-33-26)35-32(42)37(30)23-11-12-25(19(2)14-23)34-28(38)17-41-5/h6-16,29-30H,17H2,1-5H3,(H,34,38)(H,35,42)(H,39,40)/t29-,30-/m0/s1. The van der Waals surface area contributed by atoms with Crippen molar-refractivity contribution >= 4 is 40.6 Å². The Bertz CT molecular complexity index is 1680. The average molecular weight is 584 g/mol. The highest BCUT2D eigenvalue weighted by Gasteiger charge is 2.42. The van der Waals surface area contributed by atoms with Crippen LogP contribution in [-0.4, -0.2) is 45.4 Å². The minimum atomic E-state index is -0.970. The summed E-state index contributed by atoms with van der Waals surface area (Å²) in [7, 11) is 1.48. The second-order valence-electron chi connectivity index (χ2n) is 10.4. The zero-order valence-electron chi connectivity index (χ0n) is 24.1. The van der Waals surface area contributed by atoms with E-state index >= 15 is 0 Å². The summed E-state index contributed by atoms with van der Waals surface area (Å²) in [5, 5.41) is 16.6. The van der Waals surface area contributed by atoms with Crippen LogP contribution in [0.1, 0.15) is 56.2 Å². The molecular weight excluding hydrogens is 550 g/mol. The van der Waals surface area contributed by atoms with Gasteiger partial charge >= 0.3 is 5.97 Å². The van der Waals surface area contributed by atoms with Crippen molar-refractivity contribution in [1.82, 2.24) is 14.9 Å². The highest BCUT2D eigenvalue weighted by atomic mass is 32.1. The number of amides is 1. The van der Waals surface area contributed by atoms with Gasteiger partial charge in [0.1, 0.15) is 6.61 Å². The molecule has 3 heterocycles. The number of anilines is 2. The number of carboxylic acids is 1. The lowest BCUT2D eigenvalue weighted by atomic mass is 9.96. The van der Waals surface area contributed by atoms with Crippen molar-refractivity contribution in [3.63, 3.8) is 0 Å². The molecule has 10 heteroatoms. The number of hydrogen-bond acceptors (Lipinski definition) is 5. The number of carboxylic acid groups (broad SMARTS) is 1. The maximum atomic E-state index is 12.1. The van der Waals surface area contributed by atoms with Crippen LogP contribution < -0.4 is 15.5 Å². The molecule has 1 saturated heterocycles. The zero-order chi connectivity index (χ0) is 30.1. The molecule has 1 aliphatic rings. The van der Waals surface area contributed by atoms with Crippen LogP contribution in [-0.2, 0) is 9.53 Å². The van der Waals surface area contributed by atoms with Crippen LogP contribution in [0.3, 0.4) is 0 Å². The molecule has 0 aliphatic carbocycles. The van der Waals surface area contributed by atoms with E-state index in [1.807, 2.05) is 70.2 Å². The number of pyridine rings is 1. The summed E-state index contributed by atoms with van der Waals surface area (Å²) in [5.41, 5.74) is 8.29. The first-order valence-corrected chi connectivity index (χ1v) is 13.9. The number of aromatic nitrogens is 2. The van der Waals surface area contributed by atoms with Crippen molar-refractivity contribution in [3.8, 4) is 5.69 Å². The summed E-state index contributed by atoms with van der Waals surface area (Å²) in [6.45, 7) is 7.95. The summed E-state index contributed by atoms with van der Waals surface area (Å²) in [6, 6.07) is 18.4. The molecule has 2 aromatic heterocycles. The molecule has 0 spiro atoms. The van der Waals surface area contributed by atoms with E-state index in [9.17, 15) is 14.7 Å². The number of nitrogens with one attached hydrogen (secondary N) is 2. The van der Waals surface area contributed by atoms with Crippen molar-refractivity contribution in [1.29, 1.82) is 0 Å². The van der Waals surface area contributed by atoms with Gasteiger partial charge in [-0.3, -0.25) is 9.78 Å². The smallest absolute Gasteiger partial charge is 0.335 e. The normalized spacial score (nSPS) is 16.4. The molecule has 0 saturated carbocycles. The van der Waals surface area contributed by atoms with Gasteiger partial charge in [0.05, 0.1) is 23.3 Å². The van der Waals surface area contributed by atoms with Gasteiger partial charge < -0.3 is 29.9 Å². The van der Waals surface area contributed by atoms with E-state index in [2.05, 4.69) is 31.2 Å². The van der Waals surface area contributed by atoms with E-state index in [0.717, 1.165) is 45.1 Å². The van der Waals surface area contributed by atoms with Gasteiger partial charge in [-0.05, 0) is 105 Å². The Morgan fingerprint density at radius 1 is 1.05 bits per heavy atom. The summed E-state index contributed by atoms with van der Waals surface area (Å²) in [6.07, 6.45) is 1.77. The fourth-order valence-corrected chi connectivity index (χ4v) is 5.99. The molecule has 3 N–H and O–H groups in total. The Morgan fingerprint density at radius 3 is 2.50 bits per heavy atom. The third-order valence-electron chi connectivity index (χ3n) is 7.62. The number of aryl methyl sites for hydroxylation is 3. The summed E-state index contributed by atoms with van der Waals surface area (Å²) >= 11 is 5.93. The molecule has 0 bridgehead atoms. The maximum Gasteiger partial charge on any atom is 0.335 e. The second kappa shape index (κ2) is 11.8. The number of rotatable bonds is 8. The molecule has 42 heavy (non-hydrogen) atoms. The molecule has 4 aromatic rings. The van der Waals surface area contributed by atoms with E-state index in [1.54, 1.807) is 18.3 Å². The Labute approximate surface area is 250 Å². The van der Waals surface area contributed by atoms with Gasteiger partial charge in [0.25, 0.3) is 0 Å². The number of carbonyl (C=O) groups excluding carboxylic acids is 1. The molecule has 2 aromatic carbocycles. The van der Waals surface area contributed by atoms with E-state index in [0.29, 0.717) is 10.8 Å². The van der Waals surface area contributed by atoms with Crippen LogP contribution in [0.4, 0.5) is 11.4 Å². The van der Waals surface area contributed by atoms with Gasteiger partial charge in [0, 0.05) is 41.8 Å². The van der Waals surface area contributed by atoms with Gasteiger partial charge in [-0.1, -0.05) is 12.1 Å². The van der Waals surface area contributed by atoms with Crippen molar-refractivity contribution in [2.75, 3.05) is 23.9 Å². The Kier molecular flexibility index (Phi) is 8.11. The average Bonchev–Trinajstić information content (AvgIpc) is 3.45. The van der Waals surface area contributed by atoms with Crippen LogP contribution >= 0.6 is 12.2 Å². The summed E-state index contributed by atoms with van der Waals surface area (Å²) in [4.78, 5) is 30.7. The van der Waals surface area contributed by atoms with Crippen LogP contribution in [0.25, 0.3) is 5.69 Å². The highest BCUT2D eigenvalue weighted by Crippen LogP contribution is 2.44. The third-order valence-corrected chi connectivity index (χ3v) is 7.94. The number of benzene rings is 2. The van der Waals surface area contributed by atoms with Crippen molar-refractivity contribution in [2.24, 2.45) is 0 Å². The van der Waals surface area contributed by atoms with Crippen molar-refractivity contribution < 1.29 is 19.4 Å². The molecule has 5 rings (SSSR count). The molecule has 2 atom stereocenters. The number of methoxy groups -OCH3 is 1. The number of aromatic carboxylic acids is 1. The van der Waals surface area contributed by atoms with Crippen LogP contribution in [0.15, 0.2) is 66.9 Å². The molecule has 1 fully saturated rings. The molecule has 0 radical (unpaired) electrons. The minimum absolute atomic E-state index is 0.0282. The lowest BCUT2D eigenvalue weighted by molar-refractivity contribution is -0.119. The Morgan fingerprint density at radius 2 is 1.83 bits per heavy atom. The fraction of sp³-hybridized carbons (Fsp3) is 0.250. The zero-order valence-corrected chi connectivity index (χ0v) is 25.0. The second-order valence-corrected chi connectivity index (χ2v) is 10.8. The van der Waals surface area contributed by atoms with Gasteiger partial charge in [-0.15, -0.1) is 0 Å². The molecule has 1 amide bonds. The largest absolute Gasteiger partial charge is 0.478 e. The van der Waals surface area contributed by atoms with Gasteiger partial charge in [0.15, 0.2) is 5.11 Å². The lowest BCUT2D eigenvalue weighted by Crippen LogP contribution is -2.29. The highest BCUT2D eigenvalue weighted by molar-refractivity contribution is 7.80. The van der Waals surface area contributed by atoms with E-state index in [1.165, 1.54) is 7.11 Å². The van der Waals surface area contributed by atoms with E-state index in [-0.39, 0.29) is 30.2 Å². The predicted molar refractivity (Wildman–Crippen MR) is 167 cm³/mol. The molecule has 216 valence electrons. The van der Waals surface area contributed by atoms with Crippen LogP contribution in [0.5, 0.6) is 0 Å². The van der Waals surface area contributed by atoms with Crippen molar-refractivity contribution in [3.05, 3.63) is 106 Å². The minimum Gasteiger partial charge on any atom is -0.478 e. The SMILES string of the molecule is COCC(=O)Nc1ccc(N2C(=S)N[C@@H](c3ccccn3)[C@@H]2c2cc(C)n(-c3cc(C(=O)O)ccc3C)c2C)cc1C. The number of thiocarbonyl (C=S) groups is 1. The molecule has 1 aliphatic heterocycles. The van der Waals surface area contributed by atoms with Gasteiger partial charge in [0.2, 0.25) is 5.91 Å². The maximum absolute atomic E-state index is 12.1. The Hall–Kier alpha value is -4.54. The van der Waals surface area contributed by atoms with Crippen LogP contribution in [0, 0.1) is 27.7 Å². The summed E-state index contributed by atoms with van der Waals surface area (Å²) in [5.74, 6) is -1.20. The molecule has 9 nitrogen and oxygen atoms in total. The quantitative estimate of drug-likeness (QED) is 0.231. The van der Waals surface area contributed by atoms with Crippen molar-refractivity contribution in [2.45, 2.75) is 39.8 Å². The number of ether oxygens (including phenoxy) is 1. The first kappa shape index (κ1) is 29.0. The lowest BCUT2D eigenvalue weighted by Gasteiger charge is -2.29. The van der Waals surface area contributed by atoms with Crippen LogP contribution in [0.2, 0.25) is 0 Å². The first-order chi connectivity index (χ1) is 20.1. The predicted octanol–water partition coefficient (Wildman–Crippen LogP) is 5.57. The number of carbonyl (C=O) groups is 2. The van der Waals surface area contributed by atoms with Gasteiger partial charge in [-0.25, -0.2) is 4.79 Å². The van der Waals surface area contributed by atoms with E-state index < -0.39 is 5.97 Å². The fourth-order valence-electron chi connectivity index (χ4n) is 5.65. The monoisotopic (exact) mass is 583 g/mol. The Balaban J connectivity index is 1.63. The number of nitrogens with zero attached hydrogens (tertiary/aromatic N) is 3. The topological polar surface area (TPSA) is 109 Å². The first-order valence-electron chi connectivity index (χ1n) is 13.5.